The lowest BCUT2D eigenvalue weighted by atomic mass is 9.92. The zero-order chi connectivity index (χ0) is 45.8. The monoisotopic (exact) mass is 906 g/mol. The van der Waals surface area contributed by atoms with Crippen LogP contribution in [0.1, 0.15) is 62.6 Å². The molecule has 2 heterocycles. The lowest BCUT2D eigenvalue weighted by Gasteiger charge is -2.20. The van der Waals surface area contributed by atoms with Crippen LogP contribution in [-0.2, 0) is 44.4 Å². The highest BCUT2D eigenvalue weighted by Crippen LogP contribution is 2.37. The zero-order valence-electron chi connectivity index (χ0n) is 35.8. The summed E-state index contributed by atoms with van der Waals surface area (Å²) in [6.07, 6.45) is 8.43. The van der Waals surface area contributed by atoms with E-state index in [1.54, 1.807) is 68.4 Å². The standard InChI is InChI=1S/C49H49Cl2N5O8/c1-29-36(27-63-46-15-44(61-25-34-11-32(17-52)19-54-21-34)38(13-42(46)50)23-56-48(31(3)58)49(59)60)7-5-9-40(29)41-10-6-8-37(30(41)2)28-64-47-16-45(39(24-57)14-43(47)51)62-26-35-12-33(18-53-4)20-55-22-35/h5-22,31,48,52,56-58H,23-28H2,1-4H3,(H,59,60)/p+1/t31-,48+/m0/s1. The topological polar surface area (TPSA) is 191 Å². The third-order valence-electron chi connectivity index (χ3n) is 10.5. The second kappa shape index (κ2) is 22.3. The molecule has 15 heteroatoms. The van der Waals surface area contributed by atoms with Crippen LogP contribution in [0.3, 0.4) is 0 Å². The number of carboxylic acids is 1. The van der Waals surface area contributed by atoms with Gasteiger partial charge in [0, 0.05) is 90.8 Å². The molecule has 0 fully saturated rings. The number of aromatic nitrogens is 2. The van der Waals surface area contributed by atoms with Crippen LogP contribution in [0.2, 0.25) is 10.0 Å². The van der Waals surface area contributed by atoms with Gasteiger partial charge >= 0.3 is 5.97 Å². The number of pyridine rings is 2. The van der Waals surface area contributed by atoms with Gasteiger partial charge in [-0.2, -0.15) is 0 Å². The van der Waals surface area contributed by atoms with Gasteiger partial charge in [0.05, 0.1) is 21.7 Å². The molecule has 4 aromatic carbocycles. The molecule has 64 heavy (non-hydrogen) atoms. The minimum atomic E-state index is -1.22. The summed E-state index contributed by atoms with van der Waals surface area (Å²) in [7, 11) is 1.70. The molecule has 6 aromatic rings. The molecule has 0 saturated heterocycles. The SMILES string of the molecule is CN=Cc1cncc(COc2cc(OCc3cccc(-c4cccc(COc5cc(OCc6cncc(C=N)c6)c(CN[C@@H](C(=O)O)[C@H](C)O)cc5Cl)c4C)c3C)c(Cl)cc2C[OH2+])c1. The number of rotatable bonds is 21. The number of carboxylic acid groups (broad SMARTS) is 1. The molecule has 332 valence electrons. The van der Waals surface area contributed by atoms with E-state index in [0.29, 0.717) is 44.7 Å². The lowest BCUT2D eigenvalue weighted by Crippen LogP contribution is -2.44. The Kier molecular flexibility index (Phi) is 16.4. The van der Waals surface area contributed by atoms with Crippen molar-refractivity contribution in [3.05, 3.63) is 163 Å². The molecule has 0 amide bonds. The van der Waals surface area contributed by atoms with Crippen molar-refractivity contribution in [2.24, 2.45) is 4.99 Å². The highest BCUT2D eigenvalue weighted by atomic mass is 35.5. The first-order valence-electron chi connectivity index (χ1n) is 20.3. The van der Waals surface area contributed by atoms with Crippen molar-refractivity contribution in [1.29, 1.82) is 5.41 Å². The summed E-state index contributed by atoms with van der Waals surface area (Å²) in [5.74, 6) is 0.494. The number of hydrogen-bond donors (Lipinski definition) is 4. The molecule has 0 bridgehead atoms. The second-order valence-corrected chi connectivity index (χ2v) is 15.8. The van der Waals surface area contributed by atoms with Gasteiger partial charge in [0.15, 0.2) is 6.61 Å². The molecule has 13 nitrogen and oxygen atoms in total. The molecule has 6 rings (SSSR count). The number of nitrogens with zero attached hydrogens (tertiary/aromatic N) is 3. The van der Waals surface area contributed by atoms with E-state index in [0.717, 1.165) is 50.1 Å². The largest absolute Gasteiger partial charge is 0.488 e. The van der Waals surface area contributed by atoms with Crippen molar-refractivity contribution < 1.29 is 39.1 Å². The molecule has 2 atom stereocenters. The summed E-state index contributed by atoms with van der Waals surface area (Å²) in [5.41, 5.74) is 10.2. The zero-order valence-corrected chi connectivity index (χ0v) is 37.3. The molecular formula is C49H50Cl2N5O8+. The molecule has 0 aliphatic heterocycles. The fourth-order valence-corrected chi connectivity index (χ4v) is 7.45. The van der Waals surface area contributed by atoms with Crippen molar-refractivity contribution in [2.45, 2.75) is 72.5 Å². The van der Waals surface area contributed by atoms with Crippen LogP contribution < -0.4 is 24.3 Å². The van der Waals surface area contributed by atoms with Gasteiger partial charge in [-0.1, -0.05) is 59.6 Å². The highest BCUT2D eigenvalue weighted by Gasteiger charge is 2.24. The Morgan fingerprint density at radius 1 is 0.750 bits per heavy atom. The van der Waals surface area contributed by atoms with Crippen molar-refractivity contribution in [3.63, 3.8) is 0 Å². The van der Waals surface area contributed by atoms with E-state index in [9.17, 15) is 15.0 Å². The van der Waals surface area contributed by atoms with Gasteiger partial charge in [0.25, 0.3) is 0 Å². The van der Waals surface area contributed by atoms with Crippen LogP contribution in [0.5, 0.6) is 23.0 Å². The van der Waals surface area contributed by atoms with Gasteiger partial charge in [-0.15, -0.1) is 0 Å². The molecule has 6 N–H and O–H groups in total. The van der Waals surface area contributed by atoms with Crippen molar-refractivity contribution in [3.8, 4) is 34.1 Å². The molecule has 0 unspecified atom stereocenters. The summed E-state index contributed by atoms with van der Waals surface area (Å²) in [6.45, 7) is 6.27. The maximum Gasteiger partial charge on any atom is 0.323 e. The number of aliphatic hydroxyl groups is 1. The van der Waals surface area contributed by atoms with E-state index in [-0.39, 0.29) is 44.6 Å². The fourth-order valence-electron chi connectivity index (χ4n) is 6.97. The summed E-state index contributed by atoms with van der Waals surface area (Å²) in [5, 5.41) is 38.9. The Morgan fingerprint density at radius 2 is 1.25 bits per heavy atom. The first-order chi connectivity index (χ1) is 30.9. The van der Waals surface area contributed by atoms with E-state index in [2.05, 4.69) is 39.3 Å². The number of carbonyl (C=O) groups is 1. The second-order valence-electron chi connectivity index (χ2n) is 15.0. The maximum atomic E-state index is 11.8. The number of hydrogen-bond acceptors (Lipinski definition) is 11. The van der Waals surface area contributed by atoms with Crippen LogP contribution in [0.25, 0.3) is 11.1 Å². The summed E-state index contributed by atoms with van der Waals surface area (Å²) in [6, 6.07) is 21.4. The number of ether oxygens (including phenoxy) is 4. The van der Waals surface area contributed by atoms with Gasteiger partial charge in [-0.3, -0.25) is 25.1 Å². The van der Waals surface area contributed by atoms with Crippen LogP contribution in [0.15, 0.2) is 103 Å². The Bertz CT molecular complexity index is 2640. The van der Waals surface area contributed by atoms with Gasteiger partial charge in [-0.05, 0) is 78.4 Å². The van der Waals surface area contributed by atoms with E-state index in [1.807, 2.05) is 37.3 Å². The Labute approximate surface area is 381 Å². The smallest absolute Gasteiger partial charge is 0.323 e. The number of halogens is 2. The molecule has 0 saturated carbocycles. The predicted molar refractivity (Wildman–Crippen MR) is 249 cm³/mol. The Balaban J connectivity index is 1.19. The number of aliphatic carboxylic acids is 1. The Morgan fingerprint density at radius 3 is 1.75 bits per heavy atom. The van der Waals surface area contributed by atoms with Crippen molar-refractivity contribution >= 4 is 41.6 Å². The molecular weight excluding hydrogens is 857 g/mol. The molecule has 0 radical (unpaired) electrons. The number of aliphatic imine (C=N–C) groups is 1. The van der Waals surface area contributed by atoms with E-state index in [4.69, 9.17) is 52.7 Å². The first-order valence-corrected chi connectivity index (χ1v) is 21.1. The normalized spacial score (nSPS) is 12.2. The van der Waals surface area contributed by atoms with Crippen molar-refractivity contribution in [2.75, 3.05) is 7.05 Å². The summed E-state index contributed by atoms with van der Waals surface area (Å²) in [4.78, 5) is 24.3. The van der Waals surface area contributed by atoms with E-state index in [1.165, 1.54) is 13.1 Å². The minimum absolute atomic E-state index is 0.0176. The lowest BCUT2D eigenvalue weighted by molar-refractivity contribution is -0.142. The van der Waals surface area contributed by atoms with E-state index >= 15 is 0 Å². The van der Waals surface area contributed by atoms with Gasteiger partial charge in [0.2, 0.25) is 0 Å². The highest BCUT2D eigenvalue weighted by molar-refractivity contribution is 6.32. The molecule has 2 aromatic heterocycles. The van der Waals surface area contributed by atoms with Gasteiger partial charge in [0.1, 0.15) is 55.5 Å². The van der Waals surface area contributed by atoms with Crippen LogP contribution in [-0.4, -0.2) is 62.9 Å². The summed E-state index contributed by atoms with van der Waals surface area (Å²) < 4.78 is 25.0. The number of nitrogens with one attached hydrogen (secondary N) is 2. The first kappa shape index (κ1) is 47.1. The third kappa shape index (κ3) is 12.0. The molecule has 0 aliphatic rings. The fraction of sp³-hybridized carbons (Fsp3) is 0.245. The third-order valence-corrected chi connectivity index (χ3v) is 11.1. The molecule has 0 aliphatic carbocycles. The maximum absolute atomic E-state index is 11.8. The van der Waals surface area contributed by atoms with Crippen LogP contribution in [0.4, 0.5) is 0 Å². The number of benzene rings is 4. The summed E-state index contributed by atoms with van der Waals surface area (Å²) >= 11 is 13.4. The van der Waals surface area contributed by atoms with Crippen LogP contribution in [0, 0.1) is 19.3 Å². The predicted octanol–water partition coefficient (Wildman–Crippen LogP) is 8.58. The van der Waals surface area contributed by atoms with Crippen molar-refractivity contribution in [1.82, 2.24) is 15.3 Å². The average molecular weight is 908 g/mol. The quantitative estimate of drug-likeness (QED) is 0.0402. The molecule has 0 spiro atoms. The average Bonchev–Trinajstić information content (AvgIpc) is 3.28. The number of aliphatic hydroxyl groups excluding tert-OH is 1. The van der Waals surface area contributed by atoms with Crippen LogP contribution >= 0.6 is 23.2 Å². The van der Waals surface area contributed by atoms with Gasteiger partial charge in [-0.25, -0.2) is 0 Å². The van der Waals surface area contributed by atoms with Gasteiger partial charge < -0.3 is 39.7 Å². The Hall–Kier alpha value is -6.35. The minimum Gasteiger partial charge on any atom is -0.488 e. The van der Waals surface area contributed by atoms with E-state index < -0.39 is 18.1 Å².